The summed E-state index contributed by atoms with van der Waals surface area (Å²) >= 11 is 0. The molecule has 2 N–H and O–H groups in total. The van der Waals surface area contributed by atoms with E-state index >= 15 is 0 Å². The fourth-order valence-corrected chi connectivity index (χ4v) is 4.22. The smallest absolute Gasteiger partial charge is 0.198 e. The van der Waals surface area contributed by atoms with E-state index in [-0.39, 0.29) is 5.43 Å². The van der Waals surface area contributed by atoms with Gasteiger partial charge in [0.05, 0.1) is 18.2 Å². The molecule has 4 heteroatoms. The van der Waals surface area contributed by atoms with Crippen LogP contribution in [0.15, 0.2) is 53.3 Å². The molecule has 3 aromatic rings. The number of likely N-dealkylation sites (tertiary alicyclic amines) is 1. The highest BCUT2D eigenvalue weighted by Gasteiger charge is 2.24. The van der Waals surface area contributed by atoms with Crippen molar-refractivity contribution in [3.63, 3.8) is 0 Å². The van der Waals surface area contributed by atoms with Crippen LogP contribution >= 0.6 is 0 Å². The largest absolute Gasteiger partial charge is 0.489 e. The number of fused-ring (bicyclic) bond motifs is 1. The van der Waals surface area contributed by atoms with Crippen molar-refractivity contribution in [2.75, 3.05) is 6.54 Å². The van der Waals surface area contributed by atoms with E-state index in [1.165, 1.54) is 24.2 Å². The lowest BCUT2D eigenvalue weighted by Gasteiger charge is -2.30. The molecule has 28 heavy (non-hydrogen) atoms. The van der Waals surface area contributed by atoms with Crippen molar-refractivity contribution < 1.29 is 9.64 Å². The minimum Gasteiger partial charge on any atom is -0.489 e. The van der Waals surface area contributed by atoms with Crippen LogP contribution in [-0.2, 0) is 13.2 Å². The van der Waals surface area contributed by atoms with Crippen molar-refractivity contribution >= 4 is 10.9 Å². The molecule has 1 aromatic heterocycles. The van der Waals surface area contributed by atoms with Crippen LogP contribution in [0.4, 0.5) is 0 Å². The summed E-state index contributed by atoms with van der Waals surface area (Å²) < 4.78 is 5.93. The van der Waals surface area contributed by atoms with Gasteiger partial charge in [-0.1, -0.05) is 30.3 Å². The fourth-order valence-electron chi connectivity index (χ4n) is 4.22. The van der Waals surface area contributed by atoms with Crippen molar-refractivity contribution in [2.24, 2.45) is 0 Å². The molecule has 2 heterocycles. The number of aryl methyl sites for hydroxylation is 1. The zero-order valence-corrected chi connectivity index (χ0v) is 16.8. The molecule has 0 amide bonds. The lowest BCUT2D eigenvalue weighted by molar-refractivity contribution is -0.942. The first-order chi connectivity index (χ1) is 13.6. The summed E-state index contributed by atoms with van der Waals surface area (Å²) in [7, 11) is 0. The molecule has 0 aliphatic carbocycles. The van der Waals surface area contributed by atoms with Crippen LogP contribution in [0.1, 0.15) is 43.0 Å². The SMILES string of the molecule is Cc1[nH]c2ccc(OCc3ccccc3)cc2c(=O)c1C[NH+]1CCCCC1C. The number of pyridine rings is 1. The quantitative estimate of drug-likeness (QED) is 0.716. The second kappa shape index (κ2) is 8.19. The molecule has 1 aliphatic rings. The average Bonchev–Trinajstić information content (AvgIpc) is 2.72. The third kappa shape index (κ3) is 3.97. The van der Waals surface area contributed by atoms with Crippen LogP contribution in [0.2, 0.25) is 0 Å². The Kier molecular flexibility index (Phi) is 5.49. The van der Waals surface area contributed by atoms with Gasteiger partial charge in [-0.25, -0.2) is 0 Å². The predicted molar refractivity (Wildman–Crippen MR) is 113 cm³/mol. The molecular weight excluding hydrogens is 348 g/mol. The Bertz CT molecular complexity index is 1010. The number of rotatable bonds is 5. The first kappa shape index (κ1) is 18.8. The van der Waals surface area contributed by atoms with Gasteiger partial charge in [0, 0.05) is 16.6 Å². The number of nitrogens with one attached hydrogen (secondary N) is 2. The molecule has 0 bridgehead atoms. The maximum Gasteiger partial charge on any atom is 0.198 e. The van der Waals surface area contributed by atoms with E-state index < -0.39 is 0 Å². The molecule has 4 nitrogen and oxygen atoms in total. The van der Waals surface area contributed by atoms with Gasteiger partial charge in [0.25, 0.3) is 0 Å². The third-order valence-electron chi connectivity index (χ3n) is 6.02. The van der Waals surface area contributed by atoms with Gasteiger partial charge < -0.3 is 14.6 Å². The second-order valence-electron chi connectivity index (χ2n) is 8.02. The summed E-state index contributed by atoms with van der Waals surface area (Å²) in [5, 5.41) is 0.718. The molecule has 1 aliphatic heterocycles. The molecule has 0 spiro atoms. The summed E-state index contributed by atoms with van der Waals surface area (Å²) in [6.45, 7) is 6.77. The molecular formula is C24H29N2O2+. The van der Waals surface area contributed by atoms with Gasteiger partial charge in [-0.05, 0) is 56.9 Å². The number of ether oxygens (including phenoxy) is 1. The lowest BCUT2D eigenvalue weighted by atomic mass is 10.0. The fraction of sp³-hybridized carbons (Fsp3) is 0.375. The zero-order valence-electron chi connectivity index (χ0n) is 16.8. The predicted octanol–water partition coefficient (Wildman–Crippen LogP) is 3.37. The summed E-state index contributed by atoms with van der Waals surface area (Å²) in [5.41, 5.74) is 4.03. The van der Waals surface area contributed by atoms with E-state index in [9.17, 15) is 4.79 Å². The highest BCUT2D eigenvalue weighted by molar-refractivity contribution is 5.81. The summed E-state index contributed by atoms with van der Waals surface area (Å²) in [5.74, 6) is 0.732. The van der Waals surface area contributed by atoms with Crippen LogP contribution in [0.5, 0.6) is 5.75 Å². The standard InChI is InChI=1S/C24H28N2O2/c1-17-8-6-7-13-26(17)15-22-18(2)25-23-12-11-20(14-21(23)24(22)27)28-16-19-9-4-3-5-10-19/h3-5,9-12,14,17H,6-8,13,15-16H2,1-2H3,(H,25,27)/p+1. The van der Waals surface area contributed by atoms with Crippen LogP contribution < -0.4 is 15.1 Å². The summed E-state index contributed by atoms with van der Waals surface area (Å²) in [4.78, 5) is 18.2. The van der Waals surface area contributed by atoms with Gasteiger partial charge in [0.15, 0.2) is 5.43 Å². The Morgan fingerprint density at radius 3 is 2.75 bits per heavy atom. The zero-order chi connectivity index (χ0) is 19.5. The molecule has 146 valence electrons. The molecule has 1 saturated heterocycles. The molecule has 2 aromatic carbocycles. The van der Waals surface area contributed by atoms with E-state index in [0.29, 0.717) is 12.6 Å². The Morgan fingerprint density at radius 1 is 1.14 bits per heavy atom. The Hall–Kier alpha value is -2.59. The van der Waals surface area contributed by atoms with Gasteiger partial charge in [-0.15, -0.1) is 0 Å². The number of benzene rings is 2. The van der Waals surface area contributed by atoms with E-state index in [1.807, 2.05) is 55.5 Å². The van der Waals surface area contributed by atoms with Crippen molar-refractivity contribution in [3.05, 3.63) is 75.6 Å². The number of hydrogen-bond acceptors (Lipinski definition) is 2. The van der Waals surface area contributed by atoms with Crippen molar-refractivity contribution in [1.29, 1.82) is 0 Å². The van der Waals surface area contributed by atoms with Crippen molar-refractivity contribution in [1.82, 2.24) is 4.98 Å². The monoisotopic (exact) mass is 377 g/mol. The summed E-state index contributed by atoms with van der Waals surface area (Å²) in [6.07, 6.45) is 3.80. The Labute approximate surface area is 166 Å². The lowest BCUT2D eigenvalue weighted by Crippen LogP contribution is -3.15. The molecule has 2 unspecified atom stereocenters. The topological polar surface area (TPSA) is 46.5 Å². The highest BCUT2D eigenvalue weighted by Crippen LogP contribution is 2.20. The average molecular weight is 378 g/mol. The van der Waals surface area contributed by atoms with Gasteiger partial charge in [0.1, 0.15) is 18.9 Å². The molecule has 0 radical (unpaired) electrons. The minimum absolute atomic E-state index is 0.140. The maximum absolute atomic E-state index is 13.3. The number of piperidine rings is 1. The molecule has 1 fully saturated rings. The highest BCUT2D eigenvalue weighted by atomic mass is 16.5. The number of aromatic amines is 1. The maximum atomic E-state index is 13.3. The number of aromatic nitrogens is 1. The normalized spacial score (nSPS) is 19.6. The number of hydrogen-bond donors (Lipinski definition) is 2. The van der Waals surface area contributed by atoms with Crippen LogP contribution in [0.25, 0.3) is 10.9 Å². The second-order valence-corrected chi connectivity index (χ2v) is 8.02. The Balaban J connectivity index is 1.61. The van der Waals surface area contributed by atoms with Gasteiger partial charge in [-0.3, -0.25) is 4.79 Å². The van der Waals surface area contributed by atoms with Crippen LogP contribution in [-0.4, -0.2) is 17.6 Å². The third-order valence-corrected chi connectivity index (χ3v) is 6.02. The van der Waals surface area contributed by atoms with E-state index in [4.69, 9.17) is 4.74 Å². The van der Waals surface area contributed by atoms with Crippen molar-refractivity contribution in [3.8, 4) is 5.75 Å². The Morgan fingerprint density at radius 2 is 1.96 bits per heavy atom. The minimum atomic E-state index is 0.140. The summed E-state index contributed by atoms with van der Waals surface area (Å²) in [6, 6.07) is 16.5. The van der Waals surface area contributed by atoms with Crippen LogP contribution in [0, 0.1) is 6.92 Å². The molecule has 4 rings (SSSR count). The first-order valence-electron chi connectivity index (χ1n) is 10.3. The van der Waals surface area contributed by atoms with E-state index in [0.717, 1.165) is 46.6 Å². The van der Waals surface area contributed by atoms with E-state index in [1.54, 1.807) is 0 Å². The van der Waals surface area contributed by atoms with Crippen molar-refractivity contribution in [2.45, 2.75) is 52.3 Å². The van der Waals surface area contributed by atoms with E-state index in [2.05, 4.69) is 11.9 Å². The van der Waals surface area contributed by atoms with Gasteiger partial charge in [0.2, 0.25) is 0 Å². The first-order valence-corrected chi connectivity index (χ1v) is 10.3. The number of H-pyrrole nitrogens is 1. The number of quaternary nitrogens is 1. The van der Waals surface area contributed by atoms with Crippen LogP contribution in [0.3, 0.4) is 0 Å². The van der Waals surface area contributed by atoms with Gasteiger partial charge in [-0.2, -0.15) is 0 Å². The van der Waals surface area contributed by atoms with Gasteiger partial charge >= 0.3 is 0 Å². The molecule has 0 saturated carbocycles. The molecule has 2 atom stereocenters.